The van der Waals surface area contributed by atoms with Gasteiger partial charge in [0.2, 0.25) is 0 Å². The van der Waals surface area contributed by atoms with Crippen LogP contribution in [0.25, 0.3) is 0 Å². The summed E-state index contributed by atoms with van der Waals surface area (Å²) in [5, 5.41) is 6.82. The van der Waals surface area contributed by atoms with Crippen molar-refractivity contribution in [2.75, 3.05) is 52.7 Å². The number of benzene rings is 1. The summed E-state index contributed by atoms with van der Waals surface area (Å²) in [6.45, 7) is 8.49. The lowest BCUT2D eigenvalue weighted by molar-refractivity contribution is 0.0419. The van der Waals surface area contributed by atoms with Crippen LogP contribution in [0.3, 0.4) is 0 Å². The number of nitrogens with zero attached hydrogens (tertiary/aromatic N) is 1. The van der Waals surface area contributed by atoms with Gasteiger partial charge in [-0.1, -0.05) is 30.3 Å². The lowest BCUT2D eigenvalue weighted by Gasteiger charge is -2.36. The number of aliphatic imine (C=N–C) groups is 1. The molecule has 0 amide bonds. The molecule has 0 spiro atoms. The third kappa shape index (κ3) is 6.19. The molecule has 28 heavy (non-hydrogen) atoms. The molecule has 1 unspecified atom stereocenters. The summed E-state index contributed by atoms with van der Waals surface area (Å²) in [5.74, 6) is 0.883. The normalized spacial score (nSPS) is 22.2. The maximum atomic E-state index is 5.83. The summed E-state index contributed by atoms with van der Waals surface area (Å²) in [6, 6.07) is 10.8. The van der Waals surface area contributed by atoms with Crippen molar-refractivity contribution in [3.8, 4) is 0 Å². The van der Waals surface area contributed by atoms with Gasteiger partial charge in [0.25, 0.3) is 0 Å². The molecule has 1 atom stereocenters. The third-order valence-corrected chi connectivity index (χ3v) is 5.58. The summed E-state index contributed by atoms with van der Waals surface area (Å²) in [4.78, 5) is 4.94. The van der Waals surface area contributed by atoms with Gasteiger partial charge in [-0.2, -0.15) is 0 Å². The molecule has 0 aromatic heterocycles. The molecule has 2 heterocycles. The van der Waals surface area contributed by atoms with Gasteiger partial charge in [-0.15, -0.1) is 0 Å². The van der Waals surface area contributed by atoms with E-state index in [2.05, 4.69) is 47.9 Å². The predicted octanol–water partition coefficient (Wildman–Crippen LogP) is 2.49. The van der Waals surface area contributed by atoms with E-state index in [0.29, 0.717) is 0 Å². The van der Waals surface area contributed by atoms with Gasteiger partial charge in [-0.25, -0.2) is 0 Å². The molecular weight excluding hydrogens is 354 g/mol. The Labute approximate surface area is 169 Å². The van der Waals surface area contributed by atoms with Crippen molar-refractivity contribution in [3.63, 3.8) is 0 Å². The van der Waals surface area contributed by atoms with Crippen LogP contribution in [0.4, 0.5) is 0 Å². The molecule has 1 aromatic carbocycles. The maximum absolute atomic E-state index is 5.83. The van der Waals surface area contributed by atoms with E-state index in [0.717, 1.165) is 84.3 Å². The van der Waals surface area contributed by atoms with Crippen molar-refractivity contribution in [2.45, 2.75) is 44.1 Å². The quantitative estimate of drug-likeness (QED) is 0.386. The minimum Gasteiger partial charge on any atom is -0.381 e. The highest BCUT2D eigenvalue weighted by atomic mass is 16.5. The van der Waals surface area contributed by atoms with Gasteiger partial charge < -0.3 is 24.8 Å². The molecule has 0 radical (unpaired) electrons. The molecule has 0 saturated carbocycles. The molecule has 0 aliphatic carbocycles. The zero-order valence-electron chi connectivity index (χ0n) is 17.1. The first-order valence-corrected chi connectivity index (χ1v) is 10.7. The molecule has 1 aromatic rings. The fourth-order valence-electron chi connectivity index (χ4n) is 3.84. The van der Waals surface area contributed by atoms with Crippen molar-refractivity contribution in [1.29, 1.82) is 0 Å². The Bertz CT molecular complexity index is 582. The van der Waals surface area contributed by atoms with Crippen LogP contribution in [0, 0.1) is 0 Å². The summed E-state index contributed by atoms with van der Waals surface area (Å²) >= 11 is 0. The van der Waals surface area contributed by atoms with E-state index >= 15 is 0 Å². The van der Waals surface area contributed by atoms with E-state index in [1.54, 1.807) is 0 Å². The molecule has 6 heteroatoms. The van der Waals surface area contributed by atoms with Gasteiger partial charge >= 0.3 is 0 Å². The van der Waals surface area contributed by atoms with E-state index in [1.165, 1.54) is 5.56 Å². The van der Waals surface area contributed by atoms with Gasteiger partial charge in [-0.3, -0.25) is 4.99 Å². The average molecular weight is 390 g/mol. The van der Waals surface area contributed by atoms with Crippen molar-refractivity contribution >= 4 is 5.96 Å². The van der Waals surface area contributed by atoms with E-state index in [9.17, 15) is 0 Å². The van der Waals surface area contributed by atoms with Crippen molar-refractivity contribution in [3.05, 3.63) is 35.9 Å². The zero-order chi connectivity index (χ0) is 19.5. The second kappa shape index (κ2) is 11.4. The summed E-state index contributed by atoms with van der Waals surface area (Å²) in [6.07, 6.45) is 4.27. The summed E-state index contributed by atoms with van der Waals surface area (Å²) in [7, 11) is 0. The Morgan fingerprint density at radius 1 is 1.14 bits per heavy atom. The predicted molar refractivity (Wildman–Crippen MR) is 112 cm³/mol. The number of nitrogens with one attached hydrogen (secondary N) is 2. The Kier molecular flexibility index (Phi) is 8.58. The Morgan fingerprint density at radius 2 is 1.96 bits per heavy atom. The van der Waals surface area contributed by atoms with E-state index in [4.69, 9.17) is 19.2 Å². The zero-order valence-corrected chi connectivity index (χ0v) is 17.1. The molecule has 2 fully saturated rings. The third-order valence-electron chi connectivity index (χ3n) is 5.58. The lowest BCUT2D eigenvalue weighted by Crippen LogP contribution is -2.41. The number of ether oxygens (including phenoxy) is 3. The molecule has 2 N–H and O–H groups in total. The van der Waals surface area contributed by atoms with Crippen LogP contribution in [0.2, 0.25) is 0 Å². The fraction of sp³-hybridized carbons (Fsp3) is 0.682. The van der Waals surface area contributed by atoms with Crippen LogP contribution < -0.4 is 10.6 Å². The molecule has 156 valence electrons. The highest BCUT2D eigenvalue weighted by Crippen LogP contribution is 2.35. The van der Waals surface area contributed by atoms with Crippen LogP contribution in [-0.2, 0) is 19.6 Å². The number of rotatable bonds is 9. The van der Waals surface area contributed by atoms with Gasteiger partial charge in [0.05, 0.1) is 19.3 Å². The van der Waals surface area contributed by atoms with Crippen molar-refractivity contribution in [2.24, 2.45) is 4.99 Å². The first-order valence-electron chi connectivity index (χ1n) is 10.7. The van der Waals surface area contributed by atoms with Gasteiger partial charge in [0.1, 0.15) is 0 Å². The van der Waals surface area contributed by atoms with Gasteiger partial charge in [-0.05, 0) is 38.2 Å². The Morgan fingerprint density at radius 3 is 2.68 bits per heavy atom. The Balaban J connectivity index is 1.52. The molecule has 2 aliphatic rings. The SMILES string of the molecule is CCNC(=NCC1(c2ccccc2)CCOCC1)NCCCOC1CCOC1. The van der Waals surface area contributed by atoms with Crippen LogP contribution in [0.15, 0.2) is 35.3 Å². The molecule has 6 nitrogen and oxygen atoms in total. The maximum Gasteiger partial charge on any atom is 0.191 e. The molecule has 0 bridgehead atoms. The second-order valence-electron chi connectivity index (χ2n) is 7.59. The standard InChI is InChI=1S/C22H35N3O3/c1-2-23-21(24-12-6-13-28-20-9-14-27-17-20)25-18-22(10-15-26-16-11-22)19-7-4-3-5-8-19/h3-5,7-8,20H,2,6,9-18H2,1H3,(H2,23,24,25). The first-order chi connectivity index (χ1) is 13.8. The first kappa shape index (κ1) is 21.1. The summed E-state index contributed by atoms with van der Waals surface area (Å²) < 4.78 is 16.8. The number of hydrogen-bond acceptors (Lipinski definition) is 4. The number of guanidine groups is 1. The molecule has 3 rings (SSSR count). The highest BCUT2D eigenvalue weighted by Gasteiger charge is 2.34. The summed E-state index contributed by atoms with van der Waals surface area (Å²) in [5.41, 5.74) is 1.43. The lowest BCUT2D eigenvalue weighted by atomic mass is 9.74. The van der Waals surface area contributed by atoms with Crippen molar-refractivity contribution < 1.29 is 14.2 Å². The van der Waals surface area contributed by atoms with E-state index < -0.39 is 0 Å². The van der Waals surface area contributed by atoms with Crippen LogP contribution >= 0.6 is 0 Å². The fourth-order valence-corrected chi connectivity index (χ4v) is 3.84. The van der Waals surface area contributed by atoms with Gasteiger partial charge in [0.15, 0.2) is 5.96 Å². The monoisotopic (exact) mass is 389 g/mol. The van der Waals surface area contributed by atoms with E-state index in [1.807, 2.05) is 0 Å². The second-order valence-corrected chi connectivity index (χ2v) is 7.59. The molecule has 2 aliphatic heterocycles. The Hall–Kier alpha value is -1.63. The highest BCUT2D eigenvalue weighted by molar-refractivity contribution is 5.79. The average Bonchev–Trinajstić information content (AvgIpc) is 3.26. The largest absolute Gasteiger partial charge is 0.381 e. The van der Waals surface area contributed by atoms with Crippen LogP contribution in [0.5, 0.6) is 0 Å². The minimum absolute atomic E-state index is 0.0629. The smallest absolute Gasteiger partial charge is 0.191 e. The van der Waals surface area contributed by atoms with E-state index in [-0.39, 0.29) is 11.5 Å². The van der Waals surface area contributed by atoms with Crippen LogP contribution in [0.1, 0.15) is 38.2 Å². The molecular formula is C22H35N3O3. The minimum atomic E-state index is 0.0629. The van der Waals surface area contributed by atoms with Crippen LogP contribution in [-0.4, -0.2) is 64.7 Å². The van der Waals surface area contributed by atoms with Gasteiger partial charge in [0, 0.05) is 44.9 Å². The van der Waals surface area contributed by atoms with Crippen molar-refractivity contribution in [1.82, 2.24) is 10.6 Å². The molecule has 2 saturated heterocycles. The number of hydrogen-bond donors (Lipinski definition) is 2. The topological polar surface area (TPSA) is 64.1 Å².